The minimum atomic E-state index is -0.891. The van der Waals surface area contributed by atoms with Crippen molar-refractivity contribution >= 4 is 23.5 Å². The molecule has 2 N–H and O–H groups in total. The maximum Gasteiger partial charge on any atom is 0.309 e. The highest BCUT2D eigenvalue weighted by Crippen LogP contribution is 2.24. The van der Waals surface area contributed by atoms with Gasteiger partial charge in [0, 0.05) is 11.6 Å². The third kappa shape index (κ3) is 4.93. The van der Waals surface area contributed by atoms with Gasteiger partial charge in [-0.2, -0.15) is 0 Å². The van der Waals surface area contributed by atoms with Crippen molar-refractivity contribution in [2.75, 3.05) is 13.2 Å². The summed E-state index contributed by atoms with van der Waals surface area (Å²) in [7, 11) is 0. The molecule has 5 nitrogen and oxygen atoms in total. The van der Waals surface area contributed by atoms with Crippen LogP contribution < -0.4 is 10.1 Å². The summed E-state index contributed by atoms with van der Waals surface area (Å²) in [5.41, 5.74) is -0.495. The van der Waals surface area contributed by atoms with Crippen LogP contribution in [0.1, 0.15) is 37.6 Å². The molecule has 0 radical (unpaired) electrons. The first kappa shape index (κ1) is 17.3. The summed E-state index contributed by atoms with van der Waals surface area (Å²) in [6, 6.07) is 4.78. The molecule has 1 aromatic rings. The van der Waals surface area contributed by atoms with E-state index in [4.69, 9.17) is 21.4 Å². The first-order valence-corrected chi connectivity index (χ1v) is 7.09. The van der Waals surface area contributed by atoms with E-state index in [0.717, 1.165) is 0 Å². The van der Waals surface area contributed by atoms with Gasteiger partial charge in [0.25, 0.3) is 5.91 Å². The fraction of sp³-hybridized carbons (Fsp3) is 0.467. The van der Waals surface area contributed by atoms with Crippen LogP contribution in [0.2, 0.25) is 5.02 Å². The smallest absolute Gasteiger partial charge is 0.309 e. The molecule has 1 amide bonds. The van der Waals surface area contributed by atoms with Crippen LogP contribution in [0.4, 0.5) is 0 Å². The molecule has 0 aromatic heterocycles. The maximum absolute atomic E-state index is 12.1. The number of nitrogens with one attached hydrogen (secondary N) is 1. The molecule has 1 aromatic carbocycles. The third-order valence-corrected chi connectivity index (χ3v) is 3.34. The van der Waals surface area contributed by atoms with Crippen molar-refractivity contribution in [2.24, 2.45) is 5.41 Å². The van der Waals surface area contributed by atoms with Gasteiger partial charge in [-0.15, -0.1) is 0 Å². The number of carboxylic acid groups (broad SMARTS) is 1. The van der Waals surface area contributed by atoms with Crippen LogP contribution in [-0.2, 0) is 4.79 Å². The molecule has 0 atom stereocenters. The highest BCUT2D eigenvalue weighted by molar-refractivity contribution is 6.30. The summed E-state index contributed by atoms with van der Waals surface area (Å²) in [6.07, 6.45) is 0.339. The second kappa shape index (κ2) is 7.31. The topological polar surface area (TPSA) is 75.6 Å². The summed E-state index contributed by atoms with van der Waals surface area (Å²) in [6.45, 7) is 5.75. The highest BCUT2D eigenvalue weighted by atomic mass is 35.5. The number of rotatable bonds is 7. The lowest BCUT2D eigenvalue weighted by Gasteiger charge is -2.19. The first-order valence-electron chi connectivity index (χ1n) is 6.72. The Morgan fingerprint density at radius 2 is 2.05 bits per heavy atom. The zero-order valence-electron chi connectivity index (χ0n) is 12.4. The number of benzene rings is 1. The third-order valence-electron chi connectivity index (χ3n) is 3.10. The van der Waals surface area contributed by atoms with E-state index in [1.54, 1.807) is 32.0 Å². The predicted molar refractivity (Wildman–Crippen MR) is 81.0 cm³/mol. The number of hydrogen-bond donors (Lipinski definition) is 2. The second-order valence-corrected chi connectivity index (χ2v) is 5.70. The molecule has 0 heterocycles. The first-order chi connectivity index (χ1) is 9.77. The lowest BCUT2D eigenvalue weighted by Crippen LogP contribution is -2.32. The van der Waals surface area contributed by atoms with Gasteiger partial charge < -0.3 is 15.2 Å². The van der Waals surface area contributed by atoms with Crippen LogP contribution in [0.5, 0.6) is 5.75 Å². The lowest BCUT2D eigenvalue weighted by atomic mass is 9.90. The van der Waals surface area contributed by atoms with Gasteiger partial charge in [0.05, 0.1) is 17.6 Å². The van der Waals surface area contributed by atoms with E-state index in [9.17, 15) is 9.59 Å². The van der Waals surface area contributed by atoms with Crippen LogP contribution in [0.15, 0.2) is 18.2 Å². The molecule has 6 heteroatoms. The standard InChI is InChI=1S/C15H20ClNO4/c1-4-21-12-9-10(16)5-6-11(12)13(18)17-8-7-15(2,3)14(19)20/h5-6,9H,4,7-8H2,1-3H3,(H,17,18)(H,19,20). The number of carbonyl (C=O) groups excluding carboxylic acids is 1. The summed E-state index contributed by atoms with van der Waals surface area (Å²) in [4.78, 5) is 23.1. The van der Waals surface area contributed by atoms with Gasteiger partial charge in [0.15, 0.2) is 0 Å². The number of aliphatic carboxylic acids is 1. The number of halogens is 1. The Labute approximate surface area is 129 Å². The normalized spacial score (nSPS) is 11.0. The Morgan fingerprint density at radius 3 is 2.62 bits per heavy atom. The quantitative estimate of drug-likeness (QED) is 0.811. The van der Waals surface area contributed by atoms with Gasteiger partial charge in [-0.3, -0.25) is 9.59 Å². The average Bonchev–Trinajstić information content (AvgIpc) is 2.38. The molecule has 0 spiro atoms. The predicted octanol–water partition coefficient (Wildman–Crippen LogP) is 2.97. The molecule has 0 bridgehead atoms. The summed E-state index contributed by atoms with van der Waals surface area (Å²) < 4.78 is 5.39. The summed E-state index contributed by atoms with van der Waals surface area (Å²) in [5, 5.41) is 12.2. The van der Waals surface area contributed by atoms with Crippen molar-refractivity contribution in [1.29, 1.82) is 0 Å². The van der Waals surface area contributed by atoms with Crippen molar-refractivity contribution in [1.82, 2.24) is 5.32 Å². The molecule has 0 saturated heterocycles. The molecule has 0 aliphatic heterocycles. The van der Waals surface area contributed by atoms with E-state index in [2.05, 4.69) is 5.32 Å². The van der Waals surface area contributed by atoms with Gasteiger partial charge in [0.1, 0.15) is 5.75 Å². The molecule has 0 unspecified atom stereocenters. The number of hydrogen-bond acceptors (Lipinski definition) is 3. The molecule has 0 fully saturated rings. The number of amides is 1. The molecule has 21 heavy (non-hydrogen) atoms. The van der Waals surface area contributed by atoms with Crippen LogP contribution >= 0.6 is 11.6 Å². The molecule has 116 valence electrons. The van der Waals surface area contributed by atoms with Crippen molar-refractivity contribution < 1.29 is 19.4 Å². The fourth-order valence-electron chi connectivity index (χ4n) is 1.65. The molecular weight excluding hydrogens is 294 g/mol. The Bertz CT molecular complexity index is 528. The van der Waals surface area contributed by atoms with E-state index in [0.29, 0.717) is 29.4 Å². The van der Waals surface area contributed by atoms with Gasteiger partial charge in [-0.05, 0) is 45.4 Å². The summed E-state index contributed by atoms with van der Waals surface area (Å²) in [5.74, 6) is -0.783. The van der Waals surface area contributed by atoms with Crippen molar-refractivity contribution in [3.8, 4) is 5.75 Å². The van der Waals surface area contributed by atoms with Crippen LogP contribution in [-0.4, -0.2) is 30.1 Å². The number of carboxylic acids is 1. The van der Waals surface area contributed by atoms with Gasteiger partial charge in [-0.25, -0.2) is 0 Å². The Balaban J connectivity index is 2.70. The van der Waals surface area contributed by atoms with E-state index in [-0.39, 0.29) is 12.5 Å². The zero-order valence-corrected chi connectivity index (χ0v) is 13.2. The Hall–Kier alpha value is -1.75. The monoisotopic (exact) mass is 313 g/mol. The van der Waals surface area contributed by atoms with Gasteiger partial charge in [-0.1, -0.05) is 11.6 Å². The minimum absolute atomic E-state index is 0.270. The van der Waals surface area contributed by atoms with Crippen LogP contribution in [0, 0.1) is 5.41 Å². The van der Waals surface area contributed by atoms with E-state index in [1.807, 2.05) is 6.92 Å². The minimum Gasteiger partial charge on any atom is -0.493 e. The van der Waals surface area contributed by atoms with Gasteiger partial charge in [0.2, 0.25) is 0 Å². The van der Waals surface area contributed by atoms with Crippen molar-refractivity contribution in [2.45, 2.75) is 27.2 Å². The lowest BCUT2D eigenvalue weighted by molar-refractivity contribution is -0.147. The molecule has 0 aliphatic carbocycles. The molecule has 1 rings (SSSR count). The molecule has 0 saturated carbocycles. The van der Waals surface area contributed by atoms with Crippen LogP contribution in [0.25, 0.3) is 0 Å². The second-order valence-electron chi connectivity index (χ2n) is 5.27. The molecule has 0 aliphatic rings. The van der Waals surface area contributed by atoms with E-state index < -0.39 is 11.4 Å². The van der Waals surface area contributed by atoms with Crippen molar-refractivity contribution in [3.05, 3.63) is 28.8 Å². The Kier molecular flexibility index (Phi) is 6.03. The van der Waals surface area contributed by atoms with E-state index >= 15 is 0 Å². The summed E-state index contributed by atoms with van der Waals surface area (Å²) >= 11 is 5.88. The zero-order chi connectivity index (χ0) is 16.0. The largest absolute Gasteiger partial charge is 0.493 e. The average molecular weight is 314 g/mol. The highest BCUT2D eigenvalue weighted by Gasteiger charge is 2.26. The SMILES string of the molecule is CCOc1cc(Cl)ccc1C(=O)NCCC(C)(C)C(=O)O. The van der Waals surface area contributed by atoms with Crippen LogP contribution in [0.3, 0.4) is 0 Å². The number of ether oxygens (including phenoxy) is 1. The number of carbonyl (C=O) groups is 2. The Morgan fingerprint density at radius 1 is 1.38 bits per heavy atom. The van der Waals surface area contributed by atoms with Gasteiger partial charge >= 0.3 is 5.97 Å². The fourth-order valence-corrected chi connectivity index (χ4v) is 1.81. The maximum atomic E-state index is 12.1. The van der Waals surface area contributed by atoms with E-state index in [1.165, 1.54) is 0 Å². The molecular formula is C15H20ClNO4. The van der Waals surface area contributed by atoms with Crippen molar-refractivity contribution in [3.63, 3.8) is 0 Å².